The summed E-state index contributed by atoms with van der Waals surface area (Å²) < 4.78 is 80.1. The molecule has 1 N–H and O–H groups in total. The molecule has 0 bridgehead atoms. The summed E-state index contributed by atoms with van der Waals surface area (Å²) >= 11 is 3.27. The molecule has 0 amide bonds. The number of hydrogen-bond acceptors (Lipinski definition) is 5. The van der Waals surface area contributed by atoms with Gasteiger partial charge in [-0.3, -0.25) is 9.35 Å². The lowest BCUT2D eigenvalue weighted by Crippen LogP contribution is -2.36. The van der Waals surface area contributed by atoms with Gasteiger partial charge in [-0.2, -0.15) is 21.6 Å². The van der Waals surface area contributed by atoms with Gasteiger partial charge in [0.1, 0.15) is 0 Å². The van der Waals surface area contributed by atoms with E-state index in [9.17, 15) is 30.9 Å². The molecule has 0 aliphatic carbocycles. The molecule has 1 aliphatic heterocycles. The number of carbonyl (C=O) groups is 1. The van der Waals surface area contributed by atoms with E-state index in [1.165, 1.54) is 19.2 Å². The van der Waals surface area contributed by atoms with E-state index in [2.05, 4.69) is 15.9 Å². The van der Waals surface area contributed by atoms with Crippen molar-refractivity contribution in [3.8, 4) is 0 Å². The molecule has 0 aromatic heterocycles. The highest BCUT2D eigenvalue weighted by Crippen LogP contribution is 2.41. The van der Waals surface area contributed by atoms with Gasteiger partial charge >= 0.3 is 22.4 Å². The summed E-state index contributed by atoms with van der Waals surface area (Å²) in [6.07, 6.45) is -3.14. The van der Waals surface area contributed by atoms with Gasteiger partial charge in [0.05, 0.1) is 29.7 Å². The van der Waals surface area contributed by atoms with E-state index in [0.717, 1.165) is 12.1 Å². The van der Waals surface area contributed by atoms with Gasteiger partial charge in [-0.25, -0.2) is 4.31 Å². The predicted molar refractivity (Wildman–Crippen MR) is 121 cm³/mol. The summed E-state index contributed by atoms with van der Waals surface area (Å²) in [6, 6.07) is 8.46. The maximum absolute atomic E-state index is 13.2. The minimum Gasteiger partial charge on any atom is -0.469 e. The van der Waals surface area contributed by atoms with Gasteiger partial charge in [-0.1, -0.05) is 22.0 Å². The zero-order chi connectivity index (χ0) is 24.4. The van der Waals surface area contributed by atoms with E-state index in [0.29, 0.717) is 46.5 Å². The number of anilines is 3. The molecule has 0 spiro atoms. The van der Waals surface area contributed by atoms with Gasteiger partial charge in [0.15, 0.2) is 0 Å². The first-order chi connectivity index (χ1) is 15.4. The summed E-state index contributed by atoms with van der Waals surface area (Å²) in [5.41, 5.74) is -0.983. The summed E-state index contributed by atoms with van der Waals surface area (Å²) in [7, 11) is -3.66. The summed E-state index contributed by atoms with van der Waals surface area (Å²) in [5.74, 6) is -0.200. The fourth-order valence-electron chi connectivity index (χ4n) is 3.83. The minimum absolute atomic E-state index is 0.00221. The Morgan fingerprint density at radius 2 is 1.88 bits per heavy atom. The number of piperidine rings is 1. The minimum atomic E-state index is -4.98. The maximum Gasteiger partial charge on any atom is 0.416 e. The fourth-order valence-corrected chi connectivity index (χ4v) is 4.95. The number of nitrogens with zero attached hydrogens (tertiary/aromatic N) is 2. The first-order valence-electron chi connectivity index (χ1n) is 9.96. The molecule has 1 aliphatic rings. The Labute approximate surface area is 198 Å². The molecule has 1 saturated heterocycles. The Hall–Kier alpha value is -2.31. The van der Waals surface area contributed by atoms with Crippen LogP contribution in [0.25, 0.3) is 0 Å². The summed E-state index contributed by atoms with van der Waals surface area (Å²) in [4.78, 5) is 13.4. The number of esters is 1. The lowest BCUT2D eigenvalue weighted by atomic mass is 9.93. The lowest BCUT2D eigenvalue weighted by molar-refractivity contribution is -0.142. The Balaban J connectivity index is 2.01. The molecule has 0 atom stereocenters. The van der Waals surface area contributed by atoms with Crippen LogP contribution < -0.4 is 9.21 Å². The van der Waals surface area contributed by atoms with Crippen molar-refractivity contribution in [3.63, 3.8) is 0 Å². The second-order valence-electron chi connectivity index (χ2n) is 7.63. The van der Waals surface area contributed by atoms with E-state index >= 15 is 0 Å². The van der Waals surface area contributed by atoms with Gasteiger partial charge < -0.3 is 9.64 Å². The highest BCUT2D eigenvalue weighted by Gasteiger charge is 2.33. The molecular formula is C21H22BrF3N2O5S. The van der Waals surface area contributed by atoms with Gasteiger partial charge in [-0.05, 0) is 55.2 Å². The van der Waals surface area contributed by atoms with Crippen LogP contribution in [0, 0.1) is 5.92 Å². The van der Waals surface area contributed by atoms with E-state index in [4.69, 9.17) is 4.74 Å². The zero-order valence-corrected chi connectivity index (χ0v) is 20.0. The molecule has 1 heterocycles. The van der Waals surface area contributed by atoms with Crippen LogP contribution in [0.3, 0.4) is 0 Å². The molecule has 12 heteroatoms. The Kier molecular flexibility index (Phi) is 7.59. The molecular weight excluding hydrogens is 529 g/mol. The number of ether oxygens (including phenoxy) is 1. The van der Waals surface area contributed by atoms with Crippen LogP contribution in [0.5, 0.6) is 0 Å². The molecule has 0 unspecified atom stereocenters. The van der Waals surface area contributed by atoms with Gasteiger partial charge in [-0.15, -0.1) is 0 Å². The standard InChI is InChI=1S/C21H22BrF3N2O5S/c1-32-20(28)11-14-7-9-26(10-8-14)18-6-5-16(22)13-19(18)27(33(29,30)31)17-4-2-3-15(12-17)21(23,24)25/h2-6,12-14H,7-11H2,1H3,(H,29,30,31). The van der Waals surface area contributed by atoms with Crippen molar-refractivity contribution in [2.45, 2.75) is 25.4 Å². The van der Waals surface area contributed by atoms with Crippen molar-refractivity contribution in [3.05, 3.63) is 52.5 Å². The van der Waals surface area contributed by atoms with E-state index < -0.39 is 22.0 Å². The third-order valence-corrected chi connectivity index (χ3v) is 6.80. The number of carbonyl (C=O) groups excluding carboxylic acids is 1. The van der Waals surface area contributed by atoms with Crippen LogP contribution in [-0.2, 0) is 26.0 Å². The lowest BCUT2D eigenvalue weighted by Gasteiger charge is -2.36. The summed E-state index contributed by atoms with van der Waals surface area (Å²) in [6.45, 7) is 0.969. The van der Waals surface area contributed by atoms with Crippen LogP contribution in [-0.4, -0.2) is 39.1 Å². The third-order valence-electron chi connectivity index (χ3n) is 5.43. The zero-order valence-electron chi connectivity index (χ0n) is 17.5. The van der Waals surface area contributed by atoms with Crippen LogP contribution in [0.4, 0.5) is 30.2 Å². The highest BCUT2D eigenvalue weighted by molar-refractivity contribution is 9.10. The molecule has 0 saturated carbocycles. The SMILES string of the molecule is COC(=O)CC1CCN(c2ccc(Br)cc2N(c2cccc(C(F)(F)F)c2)S(=O)(=O)O)CC1. The van der Waals surface area contributed by atoms with Crippen LogP contribution in [0.1, 0.15) is 24.8 Å². The molecule has 33 heavy (non-hydrogen) atoms. The third kappa shape index (κ3) is 6.18. The highest BCUT2D eigenvalue weighted by atomic mass is 79.9. The van der Waals surface area contributed by atoms with Crippen LogP contribution in [0.2, 0.25) is 0 Å². The average molecular weight is 551 g/mol. The fraction of sp³-hybridized carbons (Fsp3) is 0.381. The Morgan fingerprint density at radius 3 is 2.45 bits per heavy atom. The second kappa shape index (κ2) is 9.90. The Morgan fingerprint density at radius 1 is 1.21 bits per heavy atom. The normalized spacial score (nSPS) is 15.4. The largest absolute Gasteiger partial charge is 0.469 e. The number of benzene rings is 2. The smallest absolute Gasteiger partial charge is 0.416 e. The van der Waals surface area contributed by atoms with Gasteiger partial charge in [0.25, 0.3) is 0 Å². The van der Waals surface area contributed by atoms with Gasteiger partial charge in [0, 0.05) is 24.0 Å². The van der Waals surface area contributed by atoms with Crippen molar-refractivity contribution in [1.82, 2.24) is 0 Å². The number of rotatable bonds is 6. The average Bonchev–Trinajstić information content (AvgIpc) is 2.73. The van der Waals surface area contributed by atoms with Crippen LogP contribution in [0.15, 0.2) is 46.9 Å². The van der Waals surface area contributed by atoms with Crippen molar-refractivity contribution in [2.75, 3.05) is 29.4 Å². The van der Waals surface area contributed by atoms with Crippen molar-refractivity contribution in [2.24, 2.45) is 5.92 Å². The number of hydrogen-bond donors (Lipinski definition) is 1. The van der Waals surface area contributed by atoms with Crippen LogP contribution >= 0.6 is 15.9 Å². The van der Waals surface area contributed by atoms with Gasteiger partial charge in [0.2, 0.25) is 0 Å². The molecule has 1 fully saturated rings. The first-order valence-corrected chi connectivity index (χ1v) is 12.2. The predicted octanol–water partition coefficient (Wildman–Crippen LogP) is 5.19. The van der Waals surface area contributed by atoms with Crippen molar-refractivity contribution < 1.29 is 35.7 Å². The van der Waals surface area contributed by atoms with E-state index in [1.807, 2.05) is 4.90 Å². The maximum atomic E-state index is 13.2. The number of methoxy groups -OCH3 is 1. The Bertz CT molecular complexity index is 1120. The monoisotopic (exact) mass is 550 g/mol. The number of alkyl halides is 3. The van der Waals surface area contributed by atoms with Crippen molar-refractivity contribution in [1.29, 1.82) is 0 Å². The van der Waals surface area contributed by atoms with Crippen molar-refractivity contribution >= 4 is 49.3 Å². The van der Waals surface area contributed by atoms with E-state index in [-0.39, 0.29) is 29.7 Å². The second-order valence-corrected chi connectivity index (χ2v) is 9.81. The molecule has 7 nitrogen and oxygen atoms in total. The molecule has 3 rings (SSSR count). The molecule has 2 aromatic rings. The number of halogens is 4. The first kappa shape index (κ1) is 25.3. The molecule has 0 radical (unpaired) electrons. The molecule has 180 valence electrons. The molecule has 2 aromatic carbocycles. The quantitative estimate of drug-likeness (QED) is 0.393. The van der Waals surface area contributed by atoms with E-state index in [1.54, 1.807) is 12.1 Å². The summed E-state index contributed by atoms with van der Waals surface area (Å²) in [5, 5.41) is 0. The topological polar surface area (TPSA) is 87.2 Å².